The van der Waals surface area contributed by atoms with Crippen LogP contribution in [-0.4, -0.2) is 40.1 Å². The van der Waals surface area contributed by atoms with E-state index < -0.39 is 0 Å². The minimum absolute atomic E-state index is 0. The van der Waals surface area contributed by atoms with E-state index in [1.807, 2.05) is 49.7 Å². The van der Waals surface area contributed by atoms with Crippen molar-refractivity contribution < 1.29 is 9.53 Å². The van der Waals surface area contributed by atoms with Crippen molar-refractivity contribution in [3.63, 3.8) is 0 Å². The molecule has 0 unspecified atom stereocenters. The molecule has 1 fully saturated rings. The van der Waals surface area contributed by atoms with Crippen LogP contribution in [0.4, 0.5) is 5.69 Å². The lowest BCUT2D eigenvalue weighted by molar-refractivity contribution is 0.102. The number of benzene rings is 1. The van der Waals surface area contributed by atoms with Crippen molar-refractivity contribution in [2.24, 2.45) is 0 Å². The third kappa shape index (κ3) is 4.53. The number of hydrogen-bond donors (Lipinski definition) is 2. The summed E-state index contributed by atoms with van der Waals surface area (Å²) in [7, 11) is 0. The van der Waals surface area contributed by atoms with E-state index in [4.69, 9.17) is 4.74 Å². The van der Waals surface area contributed by atoms with Crippen LogP contribution in [0.3, 0.4) is 0 Å². The number of aromatic nitrogens is 3. The van der Waals surface area contributed by atoms with Gasteiger partial charge in [-0.3, -0.25) is 4.79 Å². The first-order valence-electron chi connectivity index (χ1n) is 8.76. The number of ether oxygens (including phenoxy) is 1. The maximum Gasteiger partial charge on any atom is 0.278 e. The fourth-order valence-electron chi connectivity index (χ4n) is 3.06. The average molecular weight is 380 g/mol. The number of para-hydroxylation sites is 2. The van der Waals surface area contributed by atoms with Gasteiger partial charge in [-0.25, -0.2) is 4.68 Å². The Morgan fingerprint density at radius 1 is 1.31 bits per heavy atom. The normalized spacial score (nSPS) is 14.8. The van der Waals surface area contributed by atoms with Gasteiger partial charge < -0.3 is 15.4 Å². The molecule has 1 aliphatic heterocycles. The molecule has 0 aliphatic carbocycles. The highest BCUT2D eigenvalue weighted by molar-refractivity contribution is 6.04. The second-order valence-corrected chi connectivity index (χ2v) is 6.57. The van der Waals surface area contributed by atoms with Gasteiger partial charge >= 0.3 is 0 Å². The van der Waals surface area contributed by atoms with E-state index in [1.165, 1.54) is 0 Å². The lowest BCUT2D eigenvalue weighted by Gasteiger charge is -2.23. The van der Waals surface area contributed by atoms with Gasteiger partial charge in [0.05, 0.1) is 23.5 Å². The van der Waals surface area contributed by atoms with E-state index in [9.17, 15) is 4.79 Å². The van der Waals surface area contributed by atoms with Crippen molar-refractivity contribution in [2.45, 2.75) is 45.8 Å². The molecule has 2 heterocycles. The number of amides is 1. The van der Waals surface area contributed by atoms with Crippen LogP contribution >= 0.6 is 12.4 Å². The highest BCUT2D eigenvalue weighted by atomic mass is 35.5. The number of nitrogens with zero attached hydrogens (tertiary/aromatic N) is 3. The molecule has 0 radical (unpaired) electrons. The number of halogens is 1. The minimum atomic E-state index is -0.266. The SMILES string of the molecule is Cc1c(C(=O)Nc2ccccc2OC(C)C)nnn1C1CCNCC1.Cl. The Morgan fingerprint density at radius 3 is 2.69 bits per heavy atom. The van der Waals surface area contributed by atoms with E-state index in [0.29, 0.717) is 23.2 Å². The molecule has 1 saturated heterocycles. The Kier molecular flexibility index (Phi) is 6.99. The average Bonchev–Trinajstić information content (AvgIpc) is 2.98. The molecule has 1 aromatic carbocycles. The first-order valence-corrected chi connectivity index (χ1v) is 8.76. The van der Waals surface area contributed by atoms with Crippen LogP contribution in [-0.2, 0) is 0 Å². The Balaban J connectivity index is 0.00000243. The summed E-state index contributed by atoms with van der Waals surface area (Å²) in [5.74, 6) is 0.381. The molecule has 7 nitrogen and oxygen atoms in total. The number of anilines is 1. The molecule has 26 heavy (non-hydrogen) atoms. The van der Waals surface area contributed by atoms with Crippen LogP contribution in [0.5, 0.6) is 5.75 Å². The maximum absolute atomic E-state index is 12.7. The monoisotopic (exact) mass is 379 g/mol. The molecule has 0 bridgehead atoms. The van der Waals surface area contributed by atoms with Crippen LogP contribution in [0, 0.1) is 6.92 Å². The third-order valence-electron chi connectivity index (χ3n) is 4.29. The number of carbonyl (C=O) groups excluding carboxylic acids is 1. The molecule has 8 heteroatoms. The number of nitrogens with one attached hydrogen (secondary N) is 2. The van der Waals surface area contributed by atoms with Gasteiger partial charge in [0.15, 0.2) is 5.69 Å². The fraction of sp³-hybridized carbons (Fsp3) is 0.500. The van der Waals surface area contributed by atoms with E-state index >= 15 is 0 Å². The molecular formula is C18H26ClN5O2. The number of carbonyl (C=O) groups is 1. The molecule has 1 aromatic heterocycles. The zero-order valence-electron chi connectivity index (χ0n) is 15.4. The Hall–Kier alpha value is -2.12. The summed E-state index contributed by atoms with van der Waals surface area (Å²) in [6.07, 6.45) is 2.02. The molecule has 3 rings (SSSR count). The van der Waals surface area contributed by atoms with Gasteiger partial charge in [0, 0.05) is 0 Å². The number of hydrogen-bond acceptors (Lipinski definition) is 5. The summed E-state index contributed by atoms with van der Waals surface area (Å²) in [6, 6.07) is 7.70. The highest BCUT2D eigenvalue weighted by Crippen LogP contribution is 2.26. The summed E-state index contributed by atoms with van der Waals surface area (Å²) < 4.78 is 7.63. The number of rotatable bonds is 5. The van der Waals surface area contributed by atoms with Crippen LogP contribution < -0.4 is 15.4 Å². The van der Waals surface area contributed by atoms with Gasteiger partial charge in [-0.15, -0.1) is 17.5 Å². The molecule has 2 aromatic rings. The van der Waals surface area contributed by atoms with Crippen LogP contribution in [0.2, 0.25) is 0 Å². The van der Waals surface area contributed by atoms with Gasteiger partial charge in [0.2, 0.25) is 0 Å². The largest absolute Gasteiger partial charge is 0.489 e. The van der Waals surface area contributed by atoms with Crippen LogP contribution in [0.25, 0.3) is 0 Å². The van der Waals surface area contributed by atoms with Gasteiger partial charge in [-0.05, 0) is 58.8 Å². The molecule has 142 valence electrons. The number of piperidine rings is 1. The van der Waals surface area contributed by atoms with Crippen LogP contribution in [0.1, 0.15) is 48.9 Å². The molecule has 1 amide bonds. The molecule has 2 N–H and O–H groups in total. The second kappa shape index (κ2) is 9.00. The minimum Gasteiger partial charge on any atom is -0.489 e. The summed E-state index contributed by atoms with van der Waals surface area (Å²) in [5, 5.41) is 14.6. The van der Waals surface area contributed by atoms with Gasteiger partial charge in [-0.2, -0.15) is 0 Å². The second-order valence-electron chi connectivity index (χ2n) is 6.57. The quantitative estimate of drug-likeness (QED) is 0.834. The fourth-order valence-corrected chi connectivity index (χ4v) is 3.06. The zero-order chi connectivity index (χ0) is 17.8. The lowest BCUT2D eigenvalue weighted by Crippen LogP contribution is -2.30. The van der Waals surface area contributed by atoms with Crippen molar-refractivity contribution in [1.29, 1.82) is 0 Å². The smallest absolute Gasteiger partial charge is 0.278 e. The molecular weight excluding hydrogens is 354 g/mol. The van der Waals surface area contributed by atoms with Crippen LogP contribution in [0.15, 0.2) is 24.3 Å². The predicted molar refractivity (Wildman–Crippen MR) is 103 cm³/mol. The van der Waals surface area contributed by atoms with E-state index in [-0.39, 0.29) is 24.4 Å². The first kappa shape index (κ1) is 20.2. The summed E-state index contributed by atoms with van der Waals surface area (Å²) in [6.45, 7) is 7.73. The molecule has 0 spiro atoms. The predicted octanol–water partition coefficient (Wildman–Crippen LogP) is 2.97. The van der Waals surface area contributed by atoms with Crippen molar-refractivity contribution in [2.75, 3.05) is 18.4 Å². The molecule has 1 aliphatic rings. The van der Waals surface area contributed by atoms with Crippen molar-refractivity contribution in [3.8, 4) is 5.75 Å². The summed E-state index contributed by atoms with van der Waals surface area (Å²) >= 11 is 0. The topological polar surface area (TPSA) is 81.1 Å². The maximum atomic E-state index is 12.7. The van der Waals surface area contributed by atoms with Gasteiger partial charge in [0.1, 0.15) is 5.75 Å². The summed E-state index contributed by atoms with van der Waals surface area (Å²) in [5.41, 5.74) is 1.79. The van der Waals surface area contributed by atoms with Crippen molar-refractivity contribution in [3.05, 3.63) is 35.7 Å². The Morgan fingerprint density at radius 2 is 2.00 bits per heavy atom. The zero-order valence-corrected chi connectivity index (χ0v) is 16.2. The lowest BCUT2D eigenvalue weighted by atomic mass is 10.1. The van der Waals surface area contributed by atoms with Gasteiger partial charge in [-0.1, -0.05) is 17.3 Å². The third-order valence-corrected chi connectivity index (χ3v) is 4.29. The molecule has 0 saturated carbocycles. The highest BCUT2D eigenvalue weighted by Gasteiger charge is 2.23. The van der Waals surface area contributed by atoms with Crippen molar-refractivity contribution in [1.82, 2.24) is 20.3 Å². The van der Waals surface area contributed by atoms with E-state index in [0.717, 1.165) is 31.6 Å². The first-order chi connectivity index (χ1) is 12.1. The summed E-state index contributed by atoms with van der Waals surface area (Å²) in [4.78, 5) is 12.7. The molecule has 0 atom stereocenters. The van der Waals surface area contributed by atoms with E-state index in [1.54, 1.807) is 0 Å². The van der Waals surface area contributed by atoms with E-state index in [2.05, 4.69) is 20.9 Å². The Bertz CT molecular complexity index is 741. The van der Waals surface area contributed by atoms with Crippen molar-refractivity contribution >= 4 is 24.0 Å². The van der Waals surface area contributed by atoms with Gasteiger partial charge in [0.25, 0.3) is 5.91 Å². The Labute approximate surface area is 159 Å². The standard InChI is InChI=1S/C18H25N5O2.ClH/c1-12(2)25-16-7-5-4-6-15(16)20-18(24)17-13(3)23(22-21-17)14-8-10-19-11-9-14;/h4-7,12,14,19H,8-11H2,1-3H3,(H,20,24);1H.